The minimum Gasteiger partial charge on any atom is -0.496 e. The maximum absolute atomic E-state index is 11.2. The molecule has 0 amide bonds. The summed E-state index contributed by atoms with van der Waals surface area (Å²) in [6.45, 7) is 3.84. The molecular formula is C18H17N3O5. The predicted molar refractivity (Wildman–Crippen MR) is 97.7 cm³/mol. The highest BCUT2D eigenvalue weighted by Crippen LogP contribution is 2.35. The predicted octanol–water partition coefficient (Wildman–Crippen LogP) is 4.14. The molecule has 0 saturated carbocycles. The van der Waals surface area contributed by atoms with Gasteiger partial charge in [-0.05, 0) is 49.2 Å². The maximum atomic E-state index is 11.2. The number of nitrogens with zero attached hydrogens (tertiary/aromatic N) is 1. The molecule has 0 aliphatic heterocycles. The summed E-state index contributed by atoms with van der Waals surface area (Å²) in [5, 5.41) is 24.1. The fraction of sp³-hybridized carbons (Fsp3) is 0.167. The molecule has 8 nitrogen and oxygen atoms in total. The van der Waals surface area contributed by atoms with E-state index in [9.17, 15) is 20.0 Å². The number of carbonyl (C=O) groups is 1. The summed E-state index contributed by atoms with van der Waals surface area (Å²) in [5.41, 5.74) is 3.09. The van der Waals surface area contributed by atoms with E-state index in [0.29, 0.717) is 11.1 Å². The van der Waals surface area contributed by atoms with Crippen LogP contribution in [0.25, 0.3) is 10.9 Å². The first kappa shape index (κ1) is 17.3. The second kappa shape index (κ2) is 6.40. The van der Waals surface area contributed by atoms with Gasteiger partial charge in [-0.1, -0.05) is 0 Å². The van der Waals surface area contributed by atoms with Crippen LogP contribution in [0.2, 0.25) is 0 Å². The van der Waals surface area contributed by atoms with Gasteiger partial charge in [0.1, 0.15) is 17.0 Å². The van der Waals surface area contributed by atoms with Crippen molar-refractivity contribution in [1.29, 1.82) is 0 Å². The number of hydrogen-bond acceptors (Lipinski definition) is 5. The monoisotopic (exact) mass is 355 g/mol. The molecule has 3 rings (SSSR count). The highest BCUT2D eigenvalue weighted by molar-refractivity contribution is 6.03. The van der Waals surface area contributed by atoms with E-state index in [4.69, 9.17) is 4.74 Å². The van der Waals surface area contributed by atoms with Gasteiger partial charge in [-0.3, -0.25) is 10.1 Å². The minimum absolute atomic E-state index is 0.112. The molecule has 0 aliphatic rings. The number of aromatic nitrogens is 1. The molecule has 0 unspecified atom stereocenters. The number of hydrogen-bond donors (Lipinski definition) is 3. The van der Waals surface area contributed by atoms with E-state index in [-0.39, 0.29) is 16.9 Å². The normalized spacial score (nSPS) is 10.7. The lowest BCUT2D eigenvalue weighted by Crippen LogP contribution is -1.97. The van der Waals surface area contributed by atoms with Crippen molar-refractivity contribution in [2.75, 3.05) is 12.4 Å². The number of aryl methyl sites for hydroxylation is 2. The van der Waals surface area contributed by atoms with Crippen molar-refractivity contribution < 1.29 is 19.6 Å². The van der Waals surface area contributed by atoms with Gasteiger partial charge in [0, 0.05) is 22.8 Å². The second-order valence-corrected chi connectivity index (χ2v) is 5.93. The van der Waals surface area contributed by atoms with E-state index in [0.717, 1.165) is 22.6 Å². The van der Waals surface area contributed by atoms with Crippen LogP contribution in [0.5, 0.6) is 5.75 Å². The Morgan fingerprint density at radius 1 is 1.23 bits per heavy atom. The number of fused-ring (bicyclic) bond motifs is 1. The Morgan fingerprint density at radius 2 is 1.88 bits per heavy atom. The van der Waals surface area contributed by atoms with Gasteiger partial charge < -0.3 is 20.1 Å². The van der Waals surface area contributed by atoms with Crippen LogP contribution in [0.1, 0.15) is 21.6 Å². The third kappa shape index (κ3) is 2.92. The number of nitro benzene ring substituents is 1. The minimum atomic E-state index is -1.18. The molecule has 3 N–H and O–H groups in total. The lowest BCUT2D eigenvalue weighted by molar-refractivity contribution is -0.383. The third-order valence-corrected chi connectivity index (χ3v) is 4.14. The van der Waals surface area contributed by atoms with Gasteiger partial charge in [0.15, 0.2) is 0 Å². The van der Waals surface area contributed by atoms with Crippen LogP contribution >= 0.6 is 0 Å². The maximum Gasteiger partial charge on any atom is 0.352 e. The first-order chi connectivity index (χ1) is 12.3. The van der Waals surface area contributed by atoms with Crippen molar-refractivity contribution in [3.05, 3.63) is 57.3 Å². The van der Waals surface area contributed by atoms with Crippen molar-refractivity contribution in [2.45, 2.75) is 13.8 Å². The molecule has 0 spiro atoms. The lowest BCUT2D eigenvalue weighted by atomic mass is 10.1. The molecule has 0 radical (unpaired) electrons. The average Bonchev–Trinajstić information content (AvgIpc) is 3.00. The number of carboxylic acid groups (broad SMARTS) is 1. The molecule has 0 saturated heterocycles. The fourth-order valence-corrected chi connectivity index (χ4v) is 3.08. The first-order valence-corrected chi connectivity index (χ1v) is 7.77. The van der Waals surface area contributed by atoms with Crippen molar-refractivity contribution >= 4 is 33.9 Å². The molecule has 0 fully saturated rings. The van der Waals surface area contributed by atoms with E-state index in [1.54, 1.807) is 13.2 Å². The van der Waals surface area contributed by atoms with Gasteiger partial charge in [-0.25, -0.2) is 4.79 Å². The average molecular weight is 355 g/mol. The van der Waals surface area contributed by atoms with Crippen LogP contribution in [0, 0.1) is 24.0 Å². The SMILES string of the molecule is COc1c(C)cc(Nc2ccc([N+](=O)[O-])c3[nH]c(C(=O)O)cc23)cc1C. The quantitative estimate of drug-likeness (QED) is 0.467. The van der Waals surface area contributed by atoms with Crippen LogP contribution in [0.3, 0.4) is 0 Å². The number of ether oxygens (including phenoxy) is 1. The zero-order valence-corrected chi connectivity index (χ0v) is 14.4. The third-order valence-electron chi connectivity index (χ3n) is 4.14. The molecule has 1 aromatic heterocycles. The largest absolute Gasteiger partial charge is 0.496 e. The van der Waals surface area contributed by atoms with Crippen molar-refractivity contribution in [1.82, 2.24) is 4.98 Å². The van der Waals surface area contributed by atoms with Crippen LogP contribution in [0.4, 0.5) is 17.1 Å². The topological polar surface area (TPSA) is 117 Å². The van der Waals surface area contributed by atoms with Gasteiger partial charge in [-0.2, -0.15) is 0 Å². The van der Waals surface area contributed by atoms with Gasteiger partial charge in [-0.15, -0.1) is 0 Å². The summed E-state index contributed by atoms with van der Waals surface area (Å²) in [4.78, 5) is 24.5. The molecule has 0 atom stereocenters. The zero-order valence-electron chi connectivity index (χ0n) is 14.4. The Labute approximate surface area is 148 Å². The molecule has 8 heteroatoms. The number of benzene rings is 2. The Kier molecular flexibility index (Phi) is 4.25. The van der Waals surface area contributed by atoms with Crippen LogP contribution < -0.4 is 10.1 Å². The van der Waals surface area contributed by atoms with Crippen molar-refractivity contribution in [3.8, 4) is 5.75 Å². The van der Waals surface area contributed by atoms with E-state index >= 15 is 0 Å². The summed E-state index contributed by atoms with van der Waals surface area (Å²) in [5.74, 6) is -0.392. The highest BCUT2D eigenvalue weighted by Gasteiger charge is 2.20. The zero-order chi connectivity index (χ0) is 19.0. The van der Waals surface area contributed by atoms with E-state index in [2.05, 4.69) is 10.3 Å². The molecule has 1 heterocycles. The lowest BCUT2D eigenvalue weighted by Gasteiger charge is -2.13. The second-order valence-electron chi connectivity index (χ2n) is 5.93. The van der Waals surface area contributed by atoms with E-state index < -0.39 is 10.9 Å². The van der Waals surface area contributed by atoms with Gasteiger partial charge >= 0.3 is 5.97 Å². The number of aromatic amines is 1. The summed E-state index contributed by atoms with van der Waals surface area (Å²) in [7, 11) is 1.61. The fourth-order valence-electron chi connectivity index (χ4n) is 3.08. The molecule has 3 aromatic rings. The molecular weight excluding hydrogens is 338 g/mol. The number of aromatic carboxylic acids is 1. The highest BCUT2D eigenvalue weighted by atomic mass is 16.6. The summed E-state index contributed by atoms with van der Waals surface area (Å²) in [6.07, 6.45) is 0. The number of nitrogens with one attached hydrogen (secondary N) is 2. The first-order valence-electron chi connectivity index (χ1n) is 7.77. The molecule has 26 heavy (non-hydrogen) atoms. The molecule has 0 bridgehead atoms. The Bertz CT molecular complexity index is 1020. The van der Waals surface area contributed by atoms with Crippen LogP contribution in [0.15, 0.2) is 30.3 Å². The van der Waals surface area contributed by atoms with Gasteiger partial charge in [0.25, 0.3) is 5.69 Å². The standard InChI is InChI=1S/C18H17N3O5/c1-9-6-11(7-10(2)17(9)26-3)19-13-4-5-15(21(24)25)16-12(13)8-14(20-16)18(22)23/h4-8,19-20H,1-3H3,(H,22,23). The van der Waals surface area contributed by atoms with Gasteiger partial charge in [0.2, 0.25) is 0 Å². The Morgan fingerprint density at radius 3 is 2.42 bits per heavy atom. The molecule has 0 aliphatic carbocycles. The van der Waals surface area contributed by atoms with Crippen molar-refractivity contribution in [3.63, 3.8) is 0 Å². The number of carboxylic acids is 1. The van der Waals surface area contributed by atoms with Crippen LogP contribution in [-0.2, 0) is 0 Å². The summed E-state index contributed by atoms with van der Waals surface area (Å²) >= 11 is 0. The smallest absolute Gasteiger partial charge is 0.352 e. The number of anilines is 2. The van der Waals surface area contributed by atoms with Crippen molar-refractivity contribution in [2.24, 2.45) is 0 Å². The number of H-pyrrole nitrogens is 1. The molecule has 134 valence electrons. The molecule has 2 aromatic carbocycles. The Balaban J connectivity index is 2.13. The van der Waals surface area contributed by atoms with Gasteiger partial charge in [0.05, 0.1) is 12.0 Å². The number of non-ortho nitro benzene ring substituents is 1. The Hall–Kier alpha value is -3.55. The summed E-state index contributed by atoms with van der Waals surface area (Å²) < 4.78 is 5.35. The van der Waals surface area contributed by atoms with E-state index in [1.165, 1.54) is 12.1 Å². The number of nitro groups is 1. The number of methoxy groups -OCH3 is 1. The summed E-state index contributed by atoms with van der Waals surface area (Å²) in [6, 6.07) is 8.08. The van der Waals surface area contributed by atoms with Crippen LogP contribution in [-0.4, -0.2) is 28.1 Å². The number of rotatable bonds is 5. The van der Waals surface area contributed by atoms with E-state index in [1.807, 2.05) is 26.0 Å².